The predicted molar refractivity (Wildman–Crippen MR) is 108 cm³/mol. The van der Waals surface area contributed by atoms with Crippen molar-refractivity contribution in [1.29, 1.82) is 0 Å². The van der Waals surface area contributed by atoms with Gasteiger partial charge in [-0.1, -0.05) is 29.8 Å². The maximum atomic E-state index is 11.9. The molecule has 0 aliphatic rings. The number of halogens is 1. The van der Waals surface area contributed by atoms with E-state index in [0.29, 0.717) is 16.5 Å². The van der Waals surface area contributed by atoms with Gasteiger partial charge < -0.3 is 19.5 Å². The minimum absolute atomic E-state index is 0.272. The highest BCUT2D eigenvalue weighted by Gasteiger charge is 2.08. The molecule has 7 heteroatoms. The molecule has 2 aromatic carbocycles. The molecule has 0 heterocycles. The molecule has 0 aliphatic carbocycles. The number of carbonyl (C=O) groups is 2. The molecule has 0 radical (unpaired) electrons. The number of esters is 1. The van der Waals surface area contributed by atoms with Gasteiger partial charge in [-0.2, -0.15) is 0 Å². The zero-order valence-corrected chi connectivity index (χ0v) is 16.7. The standard InChI is InChI=1S/C21H22ClNO5/c1-14-4-5-15(10-17(14)22)7-9-21(25)28-13-20(24)23-12-16-6-8-18(26-2)19(11-16)27-3/h4-11H,12-13H2,1-3H3,(H,23,24)/b9-7+. The maximum Gasteiger partial charge on any atom is 0.331 e. The molecular formula is C21H22ClNO5. The van der Waals surface area contributed by atoms with E-state index in [1.165, 1.54) is 13.2 Å². The Balaban J connectivity index is 1.79. The quantitative estimate of drug-likeness (QED) is 0.539. The number of carbonyl (C=O) groups excluding carboxylic acids is 2. The van der Waals surface area contributed by atoms with Gasteiger partial charge in [-0.05, 0) is 47.9 Å². The third kappa shape index (κ3) is 6.32. The lowest BCUT2D eigenvalue weighted by Crippen LogP contribution is -2.28. The third-order valence-electron chi connectivity index (χ3n) is 3.89. The van der Waals surface area contributed by atoms with Crippen LogP contribution >= 0.6 is 11.6 Å². The van der Waals surface area contributed by atoms with E-state index in [0.717, 1.165) is 16.7 Å². The fourth-order valence-electron chi connectivity index (χ4n) is 2.30. The SMILES string of the molecule is COc1ccc(CNC(=O)COC(=O)/C=C/c2ccc(C)c(Cl)c2)cc1OC. The summed E-state index contributed by atoms with van der Waals surface area (Å²) < 4.78 is 15.3. The van der Waals surface area contributed by atoms with E-state index in [9.17, 15) is 9.59 Å². The number of hydrogen-bond acceptors (Lipinski definition) is 5. The van der Waals surface area contributed by atoms with Crippen LogP contribution in [0.4, 0.5) is 0 Å². The molecule has 0 saturated heterocycles. The van der Waals surface area contributed by atoms with E-state index in [4.69, 9.17) is 25.8 Å². The van der Waals surface area contributed by atoms with Crippen LogP contribution in [0.1, 0.15) is 16.7 Å². The van der Waals surface area contributed by atoms with Crippen molar-refractivity contribution in [3.8, 4) is 11.5 Å². The van der Waals surface area contributed by atoms with Gasteiger partial charge >= 0.3 is 5.97 Å². The smallest absolute Gasteiger partial charge is 0.331 e. The molecule has 0 unspecified atom stereocenters. The van der Waals surface area contributed by atoms with Crippen LogP contribution in [0.25, 0.3) is 6.08 Å². The molecule has 1 N–H and O–H groups in total. The Hall–Kier alpha value is -2.99. The van der Waals surface area contributed by atoms with Crippen molar-refractivity contribution in [2.24, 2.45) is 0 Å². The summed E-state index contributed by atoms with van der Waals surface area (Å²) in [6.07, 6.45) is 2.83. The van der Waals surface area contributed by atoms with E-state index in [1.54, 1.807) is 31.4 Å². The molecule has 0 saturated carbocycles. The summed E-state index contributed by atoms with van der Waals surface area (Å²) in [5.74, 6) is 0.156. The normalized spacial score (nSPS) is 10.6. The highest BCUT2D eigenvalue weighted by Crippen LogP contribution is 2.27. The van der Waals surface area contributed by atoms with Crippen LogP contribution in [0.5, 0.6) is 11.5 Å². The van der Waals surface area contributed by atoms with Gasteiger partial charge in [0.25, 0.3) is 5.91 Å². The van der Waals surface area contributed by atoms with Gasteiger partial charge in [0, 0.05) is 17.6 Å². The summed E-state index contributed by atoms with van der Waals surface area (Å²) in [4.78, 5) is 23.6. The Morgan fingerprint density at radius 3 is 2.50 bits per heavy atom. The molecular weight excluding hydrogens is 382 g/mol. The molecule has 28 heavy (non-hydrogen) atoms. The second kappa shape index (κ2) is 10.4. The van der Waals surface area contributed by atoms with Crippen LogP contribution in [0.15, 0.2) is 42.5 Å². The van der Waals surface area contributed by atoms with Crippen LogP contribution < -0.4 is 14.8 Å². The first-order valence-corrected chi connectivity index (χ1v) is 8.89. The maximum absolute atomic E-state index is 11.9. The summed E-state index contributed by atoms with van der Waals surface area (Å²) in [6.45, 7) is 1.80. The molecule has 0 atom stereocenters. The number of methoxy groups -OCH3 is 2. The van der Waals surface area contributed by atoms with Crippen LogP contribution in [0, 0.1) is 6.92 Å². The number of aryl methyl sites for hydroxylation is 1. The largest absolute Gasteiger partial charge is 0.493 e. The highest BCUT2D eigenvalue weighted by molar-refractivity contribution is 6.31. The van der Waals surface area contributed by atoms with E-state index >= 15 is 0 Å². The van der Waals surface area contributed by atoms with E-state index in [2.05, 4.69) is 5.32 Å². The van der Waals surface area contributed by atoms with Crippen molar-refractivity contribution in [2.45, 2.75) is 13.5 Å². The van der Waals surface area contributed by atoms with Crippen molar-refractivity contribution >= 4 is 29.6 Å². The molecule has 0 aliphatic heterocycles. The Kier molecular flexibility index (Phi) is 7.89. The minimum atomic E-state index is -0.613. The molecule has 2 rings (SSSR count). The van der Waals surface area contributed by atoms with E-state index in [-0.39, 0.29) is 13.2 Å². The average molecular weight is 404 g/mol. The zero-order chi connectivity index (χ0) is 20.5. The van der Waals surface area contributed by atoms with Crippen LogP contribution in [-0.4, -0.2) is 32.7 Å². The first-order chi connectivity index (χ1) is 13.4. The molecule has 2 aromatic rings. The Morgan fingerprint density at radius 1 is 1.07 bits per heavy atom. The molecule has 148 valence electrons. The molecule has 6 nitrogen and oxygen atoms in total. The van der Waals surface area contributed by atoms with Crippen LogP contribution in [0.2, 0.25) is 5.02 Å². The van der Waals surface area contributed by atoms with Crippen molar-refractivity contribution in [2.75, 3.05) is 20.8 Å². The number of ether oxygens (including phenoxy) is 3. The lowest BCUT2D eigenvalue weighted by atomic mass is 10.1. The topological polar surface area (TPSA) is 73.9 Å². The lowest BCUT2D eigenvalue weighted by molar-refractivity contribution is -0.143. The van der Waals surface area contributed by atoms with Gasteiger partial charge in [-0.15, -0.1) is 0 Å². The van der Waals surface area contributed by atoms with Crippen LogP contribution in [0.3, 0.4) is 0 Å². The van der Waals surface area contributed by atoms with Gasteiger partial charge in [0.1, 0.15) is 0 Å². The molecule has 0 spiro atoms. The second-order valence-corrected chi connectivity index (χ2v) is 6.32. The van der Waals surface area contributed by atoms with E-state index in [1.807, 2.05) is 25.1 Å². The molecule has 0 bridgehead atoms. The van der Waals surface area contributed by atoms with Gasteiger partial charge in [-0.3, -0.25) is 4.79 Å². The van der Waals surface area contributed by atoms with Gasteiger partial charge in [-0.25, -0.2) is 4.79 Å². The first-order valence-electron chi connectivity index (χ1n) is 8.51. The number of nitrogens with one attached hydrogen (secondary N) is 1. The zero-order valence-electron chi connectivity index (χ0n) is 16.0. The van der Waals surface area contributed by atoms with Gasteiger partial charge in [0.2, 0.25) is 0 Å². The minimum Gasteiger partial charge on any atom is -0.493 e. The van der Waals surface area contributed by atoms with Crippen molar-refractivity contribution in [1.82, 2.24) is 5.32 Å². The van der Waals surface area contributed by atoms with E-state index < -0.39 is 11.9 Å². The molecule has 1 amide bonds. The highest BCUT2D eigenvalue weighted by atomic mass is 35.5. The third-order valence-corrected chi connectivity index (χ3v) is 4.30. The Morgan fingerprint density at radius 2 is 1.82 bits per heavy atom. The summed E-state index contributed by atoms with van der Waals surface area (Å²) in [5.41, 5.74) is 2.55. The van der Waals surface area contributed by atoms with Gasteiger partial charge in [0.05, 0.1) is 14.2 Å². The lowest BCUT2D eigenvalue weighted by Gasteiger charge is -2.10. The summed E-state index contributed by atoms with van der Waals surface area (Å²) in [6, 6.07) is 10.8. The van der Waals surface area contributed by atoms with Crippen molar-refractivity contribution < 1.29 is 23.8 Å². The average Bonchev–Trinajstić information content (AvgIpc) is 2.71. The number of hydrogen-bond donors (Lipinski definition) is 1. The summed E-state index contributed by atoms with van der Waals surface area (Å²) in [7, 11) is 3.09. The monoisotopic (exact) mass is 403 g/mol. The van der Waals surface area contributed by atoms with Gasteiger partial charge in [0.15, 0.2) is 18.1 Å². The summed E-state index contributed by atoms with van der Waals surface area (Å²) >= 11 is 6.04. The number of rotatable bonds is 8. The van der Waals surface area contributed by atoms with Crippen molar-refractivity contribution in [3.05, 3.63) is 64.2 Å². The predicted octanol–water partition coefficient (Wildman–Crippen LogP) is 3.54. The first kappa shape index (κ1) is 21.3. The Labute approximate surface area is 169 Å². The fourth-order valence-corrected chi connectivity index (χ4v) is 2.49. The molecule has 0 fully saturated rings. The van der Waals surface area contributed by atoms with Crippen LogP contribution in [-0.2, 0) is 20.9 Å². The second-order valence-electron chi connectivity index (χ2n) is 5.92. The number of amides is 1. The molecule has 0 aromatic heterocycles. The Bertz CT molecular complexity index is 879. The fraction of sp³-hybridized carbons (Fsp3) is 0.238. The number of benzene rings is 2. The summed E-state index contributed by atoms with van der Waals surface area (Å²) in [5, 5.41) is 3.29. The van der Waals surface area contributed by atoms with Crippen molar-refractivity contribution in [3.63, 3.8) is 0 Å².